The van der Waals surface area contributed by atoms with Crippen LogP contribution in [0.15, 0.2) is 42.6 Å². The quantitative estimate of drug-likeness (QED) is 0.904. The SMILES string of the molecule is CCc1cccnc1CNc1ccc(C(F)(F)F)cc1. The average Bonchev–Trinajstić information content (AvgIpc) is 2.45. The van der Waals surface area contributed by atoms with Crippen molar-refractivity contribution in [1.29, 1.82) is 0 Å². The van der Waals surface area contributed by atoms with Crippen LogP contribution in [0.3, 0.4) is 0 Å². The van der Waals surface area contributed by atoms with E-state index < -0.39 is 11.7 Å². The van der Waals surface area contributed by atoms with Crippen molar-refractivity contribution in [3.8, 4) is 0 Å². The third kappa shape index (κ3) is 3.50. The molecule has 2 nitrogen and oxygen atoms in total. The summed E-state index contributed by atoms with van der Waals surface area (Å²) in [7, 11) is 0. The van der Waals surface area contributed by atoms with Gasteiger partial charge in [-0.1, -0.05) is 13.0 Å². The highest BCUT2D eigenvalue weighted by molar-refractivity contribution is 5.45. The van der Waals surface area contributed by atoms with Gasteiger partial charge in [0, 0.05) is 11.9 Å². The lowest BCUT2D eigenvalue weighted by molar-refractivity contribution is -0.137. The molecule has 0 unspecified atom stereocenters. The summed E-state index contributed by atoms with van der Waals surface area (Å²) in [6.45, 7) is 2.54. The van der Waals surface area contributed by atoms with Crippen LogP contribution in [0.2, 0.25) is 0 Å². The third-order valence-electron chi connectivity index (χ3n) is 3.04. The van der Waals surface area contributed by atoms with Gasteiger partial charge in [-0.15, -0.1) is 0 Å². The fourth-order valence-corrected chi connectivity index (χ4v) is 1.92. The number of hydrogen-bond acceptors (Lipinski definition) is 2. The van der Waals surface area contributed by atoms with Gasteiger partial charge >= 0.3 is 6.18 Å². The first kappa shape index (κ1) is 14.4. The summed E-state index contributed by atoms with van der Waals surface area (Å²) < 4.78 is 37.3. The summed E-state index contributed by atoms with van der Waals surface area (Å²) in [6.07, 6.45) is -1.71. The van der Waals surface area contributed by atoms with Crippen LogP contribution >= 0.6 is 0 Å². The minimum absolute atomic E-state index is 0.495. The Morgan fingerprint density at radius 2 is 1.80 bits per heavy atom. The van der Waals surface area contributed by atoms with Crippen molar-refractivity contribution in [3.63, 3.8) is 0 Å². The molecule has 1 heterocycles. The Hall–Kier alpha value is -2.04. The molecule has 0 bridgehead atoms. The predicted octanol–water partition coefficient (Wildman–Crippen LogP) is 4.27. The standard InChI is InChI=1S/C15H15F3N2/c1-2-11-4-3-9-19-14(11)10-20-13-7-5-12(6-8-13)15(16,17)18/h3-9,20H,2,10H2,1H3. The van der Waals surface area contributed by atoms with Gasteiger partial charge in [0.25, 0.3) is 0 Å². The summed E-state index contributed by atoms with van der Waals surface area (Å²) in [5, 5.41) is 3.08. The highest BCUT2D eigenvalue weighted by Gasteiger charge is 2.29. The van der Waals surface area contributed by atoms with E-state index >= 15 is 0 Å². The summed E-state index contributed by atoms with van der Waals surface area (Å²) >= 11 is 0. The molecule has 0 radical (unpaired) electrons. The van der Waals surface area contributed by atoms with E-state index in [1.807, 2.05) is 19.1 Å². The van der Waals surface area contributed by atoms with Gasteiger partial charge in [0.15, 0.2) is 0 Å². The largest absolute Gasteiger partial charge is 0.416 e. The van der Waals surface area contributed by atoms with Gasteiger partial charge in [0.1, 0.15) is 0 Å². The lowest BCUT2D eigenvalue weighted by Crippen LogP contribution is -2.07. The van der Waals surface area contributed by atoms with Crippen molar-refractivity contribution in [2.75, 3.05) is 5.32 Å². The molecular formula is C15H15F3N2. The van der Waals surface area contributed by atoms with Crippen molar-refractivity contribution in [3.05, 3.63) is 59.4 Å². The van der Waals surface area contributed by atoms with Gasteiger partial charge in [-0.05, 0) is 42.3 Å². The smallest absolute Gasteiger partial charge is 0.379 e. The molecule has 1 aromatic carbocycles. The number of rotatable bonds is 4. The highest BCUT2D eigenvalue weighted by atomic mass is 19.4. The van der Waals surface area contributed by atoms with E-state index in [0.29, 0.717) is 12.2 Å². The molecule has 0 amide bonds. The van der Waals surface area contributed by atoms with E-state index in [-0.39, 0.29) is 0 Å². The molecule has 106 valence electrons. The molecule has 5 heteroatoms. The normalized spacial score (nSPS) is 11.4. The van der Waals surface area contributed by atoms with Crippen LogP contribution in [0, 0.1) is 0 Å². The van der Waals surface area contributed by atoms with E-state index in [4.69, 9.17) is 0 Å². The van der Waals surface area contributed by atoms with Crippen LogP contribution in [-0.4, -0.2) is 4.98 Å². The van der Waals surface area contributed by atoms with E-state index in [9.17, 15) is 13.2 Å². The van der Waals surface area contributed by atoms with Gasteiger partial charge in [-0.3, -0.25) is 4.98 Å². The van der Waals surface area contributed by atoms with Crippen LogP contribution in [0.1, 0.15) is 23.7 Å². The third-order valence-corrected chi connectivity index (χ3v) is 3.04. The number of nitrogens with one attached hydrogen (secondary N) is 1. The van der Waals surface area contributed by atoms with Crippen molar-refractivity contribution in [1.82, 2.24) is 4.98 Å². The molecule has 1 N–H and O–H groups in total. The molecule has 0 aliphatic rings. The Bertz CT molecular complexity index is 562. The Morgan fingerprint density at radius 3 is 2.40 bits per heavy atom. The van der Waals surface area contributed by atoms with Crippen molar-refractivity contribution in [2.45, 2.75) is 26.1 Å². The fourth-order valence-electron chi connectivity index (χ4n) is 1.92. The number of anilines is 1. The van der Waals surface area contributed by atoms with Gasteiger partial charge in [-0.2, -0.15) is 13.2 Å². The molecule has 0 saturated carbocycles. The number of hydrogen-bond donors (Lipinski definition) is 1. The van der Waals surface area contributed by atoms with Crippen LogP contribution in [0.5, 0.6) is 0 Å². The fraction of sp³-hybridized carbons (Fsp3) is 0.267. The summed E-state index contributed by atoms with van der Waals surface area (Å²) in [5.41, 5.74) is 2.04. The Labute approximate surface area is 115 Å². The molecule has 0 spiro atoms. The Morgan fingerprint density at radius 1 is 1.10 bits per heavy atom. The number of nitrogens with zero attached hydrogens (tertiary/aromatic N) is 1. The second-order valence-corrected chi connectivity index (χ2v) is 4.39. The minimum Gasteiger partial charge on any atom is -0.379 e. The van der Waals surface area contributed by atoms with Crippen LogP contribution in [-0.2, 0) is 19.1 Å². The monoisotopic (exact) mass is 280 g/mol. The van der Waals surface area contributed by atoms with Gasteiger partial charge in [0.2, 0.25) is 0 Å². The van der Waals surface area contributed by atoms with E-state index in [1.165, 1.54) is 12.1 Å². The lowest BCUT2D eigenvalue weighted by atomic mass is 10.1. The zero-order chi connectivity index (χ0) is 14.6. The van der Waals surface area contributed by atoms with Gasteiger partial charge in [-0.25, -0.2) is 0 Å². The maximum atomic E-state index is 12.4. The maximum absolute atomic E-state index is 12.4. The van der Waals surface area contributed by atoms with E-state index in [2.05, 4.69) is 10.3 Å². The first-order valence-corrected chi connectivity index (χ1v) is 6.34. The lowest BCUT2D eigenvalue weighted by Gasteiger charge is -2.11. The Balaban J connectivity index is 2.04. The summed E-state index contributed by atoms with van der Waals surface area (Å²) in [4.78, 5) is 4.28. The molecule has 2 rings (SSSR count). The number of halogens is 3. The first-order valence-electron chi connectivity index (χ1n) is 6.34. The molecule has 2 aromatic rings. The Kier molecular flexibility index (Phi) is 4.27. The number of alkyl halides is 3. The van der Waals surface area contributed by atoms with Crippen LogP contribution < -0.4 is 5.32 Å². The topological polar surface area (TPSA) is 24.9 Å². The van der Waals surface area contributed by atoms with Crippen LogP contribution in [0.25, 0.3) is 0 Å². The molecule has 0 atom stereocenters. The minimum atomic E-state index is -4.30. The molecule has 0 aliphatic carbocycles. The van der Waals surface area contributed by atoms with E-state index in [1.54, 1.807) is 6.20 Å². The molecule has 0 saturated heterocycles. The number of benzene rings is 1. The summed E-state index contributed by atoms with van der Waals surface area (Å²) in [6, 6.07) is 8.87. The van der Waals surface area contributed by atoms with Crippen molar-refractivity contribution >= 4 is 5.69 Å². The number of pyridine rings is 1. The van der Waals surface area contributed by atoms with Gasteiger partial charge in [0.05, 0.1) is 17.8 Å². The zero-order valence-corrected chi connectivity index (χ0v) is 11.0. The first-order chi connectivity index (χ1) is 9.50. The van der Waals surface area contributed by atoms with E-state index in [0.717, 1.165) is 29.8 Å². The highest BCUT2D eigenvalue weighted by Crippen LogP contribution is 2.29. The second-order valence-electron chi connectivity index (χ2n) is 4.39. The molecular weight excluding hydrogens is 265 g/mol. The summed E-state index contributed by atoms with van der Waals surface area (Å²) in [5.74, 6) is 0. The van der Waals surface area contributed by atoms with Crippen molar-refractivity contribution < 1.29 is 13.2 Å². The van der Waals surface area contributed by atoms with Crippen molar-refractivity contribution in [2.24, 2.45) is 0 Å². The predicted molar refractivity (Wildman–Crippen MR) is 72.4 cm³/mol. The number of aromatic nitrogens is 1. The van der Waals surface area contributed by atoms with Crippen LogP contribution in [0.4, 0.5) is 18.9 Å². The zero-order valence-electron chi connectivity index (χ0n) is 11.0. The van der Waals surface area contributed by atoms with Gasteiger partial charge < -0.3 is 5.32 Å². The molecule has 0 fully saturated rings. The molecule has 20 heavy (non-hydrogen) atoms. The number of aryl methyl sites for hydroxylation is 1. The average molecular weight is 280 g/mol. The molecule has 0 aliphatic heterocycles. The molecule has 1 aromatic heterocycles. The second kappa shape index (κ2) is 5.94. The maximum Gasteiger partial charge on any atom is 0.416 e.